The third kappa shape index (κ3) is 2.72. The van der Waals surface area contributed by atoms with Crippen molar-refractivity contribution in [3.05, 3.63) is 57.4 Å². The van der Waals surface area contributed by atoms with Crippen LogP contribution in [0.4, 0.5) is 8.78 Å². The predicted octanol–water partition coefficient (Wildman–Crippen LogP) is 5.36. The Hall–Kier alpha value is -2.39. The van der Waals surface area contributed by atoms with E-state index in [-0.39, 0.29) is 12.3 Å². The van der Waals surface area contributed by atoms with E-state index in [1.54, 1.807) is 11.3 Å². The minimum Gasteiger partial charge on any atom is -0.385 e. The summed E-state index contributed by atoms with van der Waals surface area (Å²) in [5, 5.41) is 15.9. The molecule has 0 bridgehead atoms. The van der Waals surface area contributed by atoms with Crippen LogP contribution in [0.25, 0.3) is 10.1 Å². The number of alkyl halides is 2. The Labute approximate surface area is 166 Å². The fourth-order valence-electron chi connectivity index (χ4n) is 4.49. The Morgan fingerprint density at radius 1 is 1.36 bits per heavy atom. The molecule has 0 amide bonds. The van der Waals surface area contributed by atoms with Gasteiger partial charge in [-0.2, -0.15) is 5.26 Å². The molecule has 1 aromatic carbocycles. The minimum atomic E-state index is -2.57. The number of nitrogens with two attached hydrogens (primary N) is 1. The molecule has 0 spiro atoms. The number of rotatable bonds is 4. The van der Waals surface area contributed by atoms with Gasteiger partial charge in [-0.05, 0) is 65.6 Å². The van der Waals surface area contributed by atoms with Crippen molar-refractivity contribution < 1.29 is 8.78 Å². The van der Waals surface area contributed by atoms with E-state index in [0.717, 1.165) is 39.8 Å². The van der Waals surface area contributed by atoms with Crippen molar-refractivity contribution in [3.8, 4) is 6.07 Å². The number of nitrogens with one attached hydrogen (secondary N) is 1. The molecule has 3 aliphatic rings. The number of fused-ring (bicyclic) bond motifs is 1. The first-order valence-corrected chi connectivity index (χ1v) is 10.5. The molecule has 0 radical (unpaired) electrons. The van der Waals surface area contributed by atoms with E-state index in [9.17, 15) is 14.0 Å². The third-order valence-corrected chi connectivity index (χ3v) is 7.34. The summed E-state index contributed by atoms with van der Waals surface area (Å²) in [6.45, 7) is 2.10. The molecular formula is C22H21F2N3S. The number of hydrogen-bond acceptors (Lipinski definition) is 4. The SMILES string of the molecule is CC1=C(C2CC2)NC(N)=C(CC2CC2(F)F)C1c1csc2c(C#N)cccc12. The third-order valence-electron chi connectivity index (χ3n) is 6.29. The Bertz CT molecular complexity index is 1080. The highest BCUT2D eigenvalue weighted by molar-refractivity contribution is 7.17. The van der Waals surface area contributed by atoms with Crippen LogP contribution in [-0.2, 0) is 0 Å². The second-order valence-corrected chi connectivity index (χ2v) is 9.10. The lowest BCUT2D eigenvalue weighted by molar-refractivity contribution is 0.0985. The number of dihydropyridines is 1. The van der Waals surface area contributed by atoms with Gasteiger partial charge in [-0.3, -0.25) is 0 Å². The van der Waals surface area contributed by atoms with Crippen LogP contribution in [0.15, 0.2) is 46.2 Å². The summed E-state index contributed by atoms with van der Waals surface area (Å²) in [6.07, 6.45) is 2.52. The van der Waals surface area contributed by atoms with Crippen LogP contribution in [0.2, 0.25) is 0 Å². The van der Waals surface area contributed by atoms with E-state index < -0.39 is 11.8 Å². The normalized spacial score (nSPS) is 26.4. The quantitative estimate of drug-likeness (QED) is 0.730. The van der Waals surface area contributed by atoms with Gasteiger partial charge in [0.05, 0.1) is 10.3 Å². The number of allylic oxidation sites excluding steroid dienone is 3. The van der Waals surface area contributed by atoms with E-state index in [0.29, 0.717) is 23.7 Å². The summed E-state index contributed by atoms with van der Waals surface area (Å²) in [7, 11) is 0. The summed E-state index contributed by atoms with van der Waals surface area (Å²) >= 11 is 1.55. The van der Waals surface area contributed by atoms with E-state index in [4.69, 9.17) is 5.73 Å². The molecular weight excluding hydrogens is 376 g/mol. The first-order valence-electron chi connectivity index (χ1n) is 9.65. The van der Waals surface area contributed by atoms with Gasteiger partial charge in [-0.25, -0.2) is 8.78 Å². The van der Waals surface area contributed by atoms with Gasteiger partial charge in [0.15, 0.2) is 0 Å². The van der Waals surface area contributed by atoms with Crippen LogP contribution < -0.4 is 11.1 Å². The number of halogens is 2. The molecule has 2 aliphatic carbocycles. The van der Waals surface area contributed by atoms with Crippen molar-refractivity contribution in [3.63, 3.8) is 0 Å². The zero-order valence-electron chi connectivity index (χ0n) is 15.6. The van der Waals surface area contributed by atoms with Crippen LogP contribution in [0.3, 0.4) is 0 Å². The molecule has 5 rings (SSSR count). The van der Waals surface area contributed by atoms with Gasteiger partial charge in [0, 0.05) is 24.0 Å². The summed E-state index contributed by atoms with van der Waals surface area (Å²) in [4.78, 5) is 0. The number of nitriles is 1. The molecule has 2 unspecified atom stereocenters. The monoisotopic (exact) mass is 397 g/mol. The van der Waals surface area contributed by atoms with Gasteiger partial charge < -0.3 is 11.1 Å². The van der Waals surface area contributed by atoms with Crippen molar-refractivity contribution in [1.29, 1.82) is 5.26 Å². The number of benzene rings is 1. The molecule has 28 heavy (non-hydrogen) atoms. The van der Waals surface area contributed by atoms with Crippen molar-refractivity contribution in [2.45, 2.75) is 44.4 Å². The molecule has 2 atom stereocenters. The highest BCUT2D eigenvalue weighted by Gasteiger charge is 2.57. The van der Waals surface area contributed by atoms with Crippen LogP contribution in [0.1, 0.15) is 49.7 Å². The average Bonchev–Trinajstić information content (AvgIpc) is 3.56. The molecule has 2 heterocycles. The Balaban J connectivity index is 1.64. The lowest BCUT2D eigenvalue weighted by Gasteiger charge is -2.32. The lowest BCUT2D eigenvalue weighted by atomic mass is 9.79. The summed E-state index contributed by atoms with van der Waals surface area (Å²) < 4.78 is 28.3. The zero-order valence-corrected chi connectivity index (χ0v) is 16.4. The average molecular weight is 397 g/mol. The van der Waals surface area contributed by atoms with Gasteiger partial charge in [0.25, 0.3) is 5.92 Å². The van der Waals surface area contributed by atoms with Crippen molar-refractivity contribution in [1.82, 2.24) is 5.32 Å². The molecule has 3 nitrogen and oxygen atoms in total. The Kier molecular flexibility index (Phi) is 3.82. The van der Waals surface area contributed by atoms with Gasteiger partial charge >= 0.3 is 0 Å². The van der Waals surface area contributed by atoms with E-state index in [1.807, 2.05) is 18.2 Å². The first kappa shape index (κ1) is 17.7. The number of nitrogens with zero attached hydrogens (tertiary/aromatic N) is 1. The van der Waals surface area contributed by atoms with E-state index >= 15 is 0 Å². The molecule has 2 aromatic rings. The fourth-order valence-corrected chi connectivity index (χ4v) is 5.55. The summed E-state index contributed by atoms with van der Waals surface area (Å²) in [6, 6.07) is 7.99. The topological polar surface area (TPSA) is 61.8 Å². The molecule has 3 N–H and O–H groups in total. The molecule has 6 heteroatoms. The van der Waals surface area contributed by atoms with E-state index in [1.165, 1.54) is 5.57 Å². The van der Waals surface area contributed by atoms with Crippen molar-refractivity contribution in [2.75, 3.05) is 0 Å². The maximum atomic E-state index is 13.7. The Morgan fingerprint density at radius 2 is 2.11 bits per heavy atom. The van der Waals surface area contributed by atoms with Crippen molar-refractivity contribution >= 4 is 21.4 Å². The number of hydrogen-bond donors (Lipinski definition) is 2. The van der Waals surface area contributed by atoms with E-state index in [2.05, 4.69) is 23.7 Å². The highest BCUT2D eigenvalue weighted by Crippen LogP contribution is 2.56. The first-order chi connectivity index (χ1) is 13.4. The molecule has 1 aliphatic heterocycles. The van der Waals surface area contributed by atoms with Gasteiger partial charge in [0.1, 0.15) is 11.9 Å². The highest BCUT2D eigenvalue weighted by atomic mass is 32.1. The van der Waals surface area contributed by atoms with Crippen LogP contribution >= 0.6 is 11.3 Å². The molecule has 2 saturated carbocycles. The second-order valence-electron chi connectivity index (χ2n) is 8.22. The maximum absolute atomic E-state index is 13.7. The predicted molar refractivity (Wildman–Crippen MR) is 107 cm³/mol. The number of thiophene rings is 1. The zero-order chi connectivity index (χ0) is 19.6. The molecule has 144 valence electrons. The van der Waals surface area contributed by atoms with Crippen LogP contribution in [0, 0.1) is 23.2 Å². The minimum absolute atomic E-state index is 0.0578. The van der Waals surface area contributed by atoms with Gasteiger partial charge in [0.2, 0.25) is 0 Å². The molecule has 0 saturated heterocycles. The standard InChI is InChI=1S/C22H21F2N3S/c1-11-18(17-10-28-20-13(9-25)3-2-4-15(17)20)16(7-14-8-22(14,23)24)21(26)27-19(11)12-5-6-12/h2-4,10,12,14,18,27H,5-8,26H2,1H3. The lowest BCUT2D eigenvalue weighted by Crippen LogP contribution is -2.31. The van der Waals surface area contributed by atoms with Gasteiger partial charge in [-0.1, -0.05) is 12.1 Å². The maximum Gasteiger partial charge on any atom is 0.251 e. The van der Waals surface area contributed by atoms with Crippen molar-refractivity contribution in [2.24, 2.45) is 17.6 Å². The van der Waals surface area contributed by atoms with Gasteiger partial charge in [-0.15, -0.1) is 11.3 Å². The van der Waals surface area contributed by atoms with Crippen LogP contribution in [0.5, 0.6) is 0 Å². The van der Waals surface area contributed by atoms with Crippen LogP contribution in [-0.4, -0.2) is 5.92 Å². The fraction of sp³-hybridized carbons (Fsp3) is 0.409. The molecule has 1 aromatic heterocycles. The summed E-state index contributed by atoms with van der Waals surface area (Å²) in [5.41, 5.74) is 11.3. The smallest absolute Gasteiger partial charge is 0.251 e. The second kappa shape index (κ2) is 6.05. The largest absolute Gasteiger partial charge is 0.385 e. The summed E-state index contributed by atoms with van der Waals surface area (Å²) in [5.74, 6) is -2.27. The molecule has 2 fully saturated rings. The Morgan fingerprint density at radius 3 is 2.75 bits per heavy atom.